The molecule has 0 bridgehead atoms. The average molecular weight is 616 g/mol. The number of methoxy groups -OCH3 is 1. The van der Waals surface area contributed by atoms with Crippen molar-refractivity contribution < 1.29 is 28.9 Å². The molecule has 0 spiro atoms. The number of amides is 2. The third-order valence-corrected chi connectivity index (χ3v) is 8.16. The van der Waals surface area contributed by atoms with Crippen LogP contribution in [-0.4, -0.2) is 105 Å². The summed E-state index contributed by atoms with van der Waals surface area (Å²) in [5.74, 6) is -0.152. The number of aromatic nitrogens is 2. The summed E-state index contributed by atoms with van der Waals surface area (Å²) in [5.41, 5.74) is 2.87. The number of hydrogen-bond acceptors (Lipinski definition) is 8. The van der Waals surface area contributed by atoms with E-state index in [1.54, 1.807) is 12.0 Å². The zero-order valence-corrected chi connectivity index (χ0v) is 28.3. The maximum atomic E-state index is 14.6. The van der Waals surface area contributed by atoms with Gasteiger partial charge in [-0.15, -0.1) is 0 Å². The van der Waals surface area contributed by atoms with Crippen molar-refractivity contribution in [1.29, 1.82) is 0 Å². The van der Waals surface area contributed by atoms with Gasteiger partial charge in [-0.1, -0.05) is 6.07 Å². The van der Waals surface area contributed by atoms with Gasteiger partial charge in [0.2, 0.25) is 12.3 Å². The highest BCUT2D eigenvalue weighted by Crippen LogP contribution is 2.38. The van der Waals surface area contributed by atoms with Crippen LogP contribution in [0.2, 0.25) is 0 Å². The van der Waals surface area contributed by atoms with Crippen LogP contribution in [-0.2, 0) is 25.5 Å². The molecule has 4 rings (SSSR count). The molecular weight excluding hydrogens is 562 g/mol. The molecule has 11 nitrogen and oxygen atoms in total. The second kappa shape index (κ2) is 13.3. The Balaban J connectivity index is 1.67. The Morgan fingerprint density at radius 3 is 2.36 bits per heavy atom. The predicted octanol–water partition coefficient (Wildman–Crippen LogP) is 4.75. The molecule has 2 amide bonds. The Morgan fingerprint density at radius 2 is 1.77 bits per heavy atom. The lowest BCUT2D eigenvalue weighted by Crippen LogP contribution is -2.64. The molecular formula is C33H53N5O6. The number of carbonyl (C=O) groups excluding carboxylic acids is 2. The fraction of sp³-hybridized carbons (Fsp3) is 0.727. The van der Waals surface area contributed by atoms with Crippen LogP contribution in [0.15, 0.2) is 12.1 Å². The van der Waals surface area contributed by atoms with Crippen molar-refractivity contribution in [2.24, 2.45) is 0 Å². The van der Waals surface area contributed by atoms with E-state index in [2.05, 4.69) is 26.0 Å². The molecule has 1 aliphatic heterocycles. The van der Waals surface area contributed by atoms with Gasteiger partial charge in [0.05, 0.1) is 22.9 Å². The summed E-state index contributed by atoms with van der Waals surface area (Å²) in [6, 6.07) is 3.30. The lowest BCUT2D eigenvalue weighted by atomic mass is 9.99. The highest BCUT2D eigenvalue weighted by Gasteiger charge is 2.46. The SMILES string of the molecule is COCCCn1nc(C)c2c(C)cc([C@@H](C)N(C(=O)[C@H]3CN(C(O)OC(C)(C)C)CCN3C(=O)OC(C)(C)C)C3CC3)cc21. The van der Waals surface area contributed by atoms with Gasteiger partial charge < -0.3 is 24.2 Å². The summed E-state index contributed by atoms with van der Waals surface area (Å²) in [6.45, 7) is 19.4. The summed E-state index contributed by atoms with van der Waals surface area (Å²) in [5, 5.41) is 16.9. The third kappa shape index (κ3) is 8.10. The first kappa shape index (κ1) is 34.1. The molecule has 1 unspecified atom stereocenters. The first-order valence-electron chi connectivity index (χ1n) is 15.9. The van der Waals surface area contributed by atoms with E-state index >= 15 is 0 Å². The number of benzene rings is 1. The van der Waals surface area contributed by atoms with Crippen molar-refractivity contribution in [3.63, 3.8) is 0 Å². The van der Waals surface area contributed by atoms with Gasteiger partial charge in [-0.05, 0) is 98.8 Å². The van der Waals surface area contributed by atoms with E-state index in [-0.39, 0.29) is 31.1 Å². The average Bonchev–Trinajstić information content (AvgIpc) is 3.69. The number of ether oxygens (including phenoxy) is 3. The molecule has 2 fully saturated rings. The Hall–Kier alpha value is -2.73. The second-order valence-electron chi connectivity index (χ2n) is 14.3. The lowest BCUT2D eigenvalue weighted by Gasteiger charge is -2.45. The van der Waals surface area contributed by atoms with Gasteiger partial charge >= 0.3 is 6.09 Å². The molecule has 1 saturated heterocycles. The summed E-state index contributed by atoms with van der Waals surface area (Å²) in [4.78, 5) is 33.2. The number of fused-ring (bicyclic) bond motifs is 1. The van der Waals surface area contributed by atoms with Gasteiger partial charge in [-0.25, -0.2) is 4.79 Å². The zero-order valence-electron chi connectivity index (χ0n) is 28.3. The van der Waals surface area contributed by atoms with Crippen LogP contribution in [0, 0.1) is 13.8 Å². The number of aliphatic hydroxyl groups is 1. The van der Waals surface area contributed by atoms with Crippen LogP contribution < -0.4 is 0 Å². The van der Waals surface area contributed by atoms with Crippen molar-refractivity contribution in [3.8, 4) is 0 Å². The number of carbonyl (C=O) groups is 2. The summed E-state index contributed by atoms with van der Waals surface area (Å²) in [7, 11) is 1.70. The first-order chi connectivity index (χ1) is 20.5. The normalized spacial score (nSPS) is 19.7. The van der Waals surface area contributed by atoms with E-state index in [0.717, 1.165) is 53.5 Å². The Labute approximate surface area is 262 Å². The molecule has 1 saturated carbocycles. The van der Waals surface area contributed by atoms with Gasteiger partial charge in [-0.2, -0.15) is 5.10 Å². The summed E-state index contributed by atoms with van der Waals surface area (Å²) >= 11 is 0. The topological polar surface area (TPSA) is 110 Å². The Bertz CT molecular complexity index is 1320. The van der Waals surface area contributed by atoms with E-state index in [0.29, 0.717) is 13.2 Å². The molecule has 11 heteroatoms. The van der Waals surface area contributed by atoms with Gasteiger partial charge in [-0.3, -0.25) is 19.3 Å². The zero-order chi connectivity index (χ0) is 32.6. The fourth-order valence-electron chi connectivity index (χ4n) is 6.04. The third-order valence-electron chi connectivity index (χ3n) is 8.16. The highest BCUT2D eigenvalue weighted by atomic mass is 16.6. The maximum absolute atomic E-state index is 14.6. The van der Waals surface area contributed by atoms with Crippen molar-refractivity contribution in [2.45, 2.75) is 124 Å². The van der Waals surface area contributed by atoms with E-state index < -0.39 is 29.8 Å². The van der Waals surface area contributed by atoms with Crippen molar-refractivity contribution in [1.82, 2.24) is 24.5 Å². The minimum atomic E-state index is -1.20. The van der Waals surface area contributed by atoms with Gasteiger partial charge in [0.25, 0.3) is 0 Å². The quantitative estimate of drug-likeness (QED) is 0.301. The number of aryl methyl sites for hydroxylation is 3. The lowest BCUT2D eigenvalue weighted by molar-refractivity contribution is -0.246. The number of aliphatic hydroxyl groups excluding tert-OH is 1. The smallest absolute Gasteiger partial charge is 0.411 e. The van der Waals surface area contributed by atoms with Crippen molar-refractivity contribution in [2.75, 3.05) is 33.4 Å². The molecule has 0 radical (unpaired) electrons. The molecule has 1 aliphatic carbocycles. The van der Waals surface area contributed by atoms with Gasteiger partial charge in [0.15, 0.2) is 0 Å². The Morgan fingerprint density at radius 1 is 1.09 bits per heavy atom. The van der Waals surface area contributed by atoms with Gasteiger partial charge in [0.1, 0.15) is 11.6 Å². The summed E-state index contributed by atoms with van der Waals surface area (Å²) in [6.07, 6.45) is 0.929. The van der Waals surface area contributed by atoms with Crippen LogP contribution in [0.4, 0.5) is 4.79 Å². The van der Waals surface area contributed by atoms with E-state index in [1.165, 1.54) is 4.90 Å². The van der Waals surface area contributed by atoms with Crippen LogP contribution in [0.3, 0.4) is 0 Å². The van der Waals surface area contributed by atoms with Crippen LogP contribution in [0.5, 0.6) is 0 Å². The molecule has 246 valence electrons. The largest absolute Gasteiger partial charge is 0.444 e. The molecule has 2 heterocycles. The molecule has 44 heavy (non-hydrogen) atoms. The van der Waals surface area contributed by atoms with Crippen LogP contribution >= 0.6 is 0 Å². The van der Waals surface area contributed by atoms with E-state index in [4.69, 9.17) is 19.3 Å². The predicted molar refractivity (Wildman–Crippen MR) is 169 cm³/mol. The number of piperazine rings is 1. The van der Waals surface area contributed by atoms with Crippen molar-refractivity contribution >= 4 is 22.9 Å². The second-order valence-corrected chi connectivity index (χ2v) is 14.3. The minimum Gasteiger partial charge on any atom is -0.444 e. The first-order valence-corrected chi connectivity index (χ1v) is 15.9. The molecule has 3 atom stereocenters. The molecule has 1 aromatic heterocycles. The van der Waals surface area contributed by atoms with E-state index in [9.17, 15) is 14.7 Å². The number of nitrogens with zero attached hydrogens (tertiary/aromatic N) is 5. The number of hydrogen-bond donors (Lipinski definition) is 1. The minimum absolute atomic E-state index is 0.0773. The van der Waals surface area contributed by atoms with Crippen LogP contribution in [0.1, 0.15) is 90.6 Å². The van der Waals surface area contributed by atoms with E-state index in [1.807, 2.05) is 58.0 Å². The molecule has 1 aromatic carbocycles. The standard InChI is InChI=1S/C33H53N5O6/c1-21-18-24(19-26-28(21)22(2)34-37(26)14-11-17-42-10)23(3)38(25-12-13-25)29(39)27-20-35(30(40)43-32(4,5)6)15-16-36(27)31(41)44-33(7,8)9/h18-19,23,25,27,30,40H,11-17,20H2,1-10H3/t23-,27-,30?/m1/s1. The van der Waals surface area contributed by atoms with Gasteiger partial charge in [0, 0.05) is 51.3 Å². The maximum Gasteiger partial charge on any atom is 0.411 e. The Kier molecular flexibility index (Phi) is 10.3. The fourth-order valence-corrected chi connectivity index (χ4v) is 6.04. The number of rotatable bonds is 10. The molecule has 2 aromatic rings. The highest BCUT2D eigenvalue weighted by molar-refractivity contribution is 5.88. The molecule has 2 aliphatic rings. The summed E-state index contributed by atoms with van der Waals surface area (Å²) < 4.78 is 18.9. The van der Waals surface area contributed by atoms with Crippen molar-refractivity contribution in [3.05, 3.63) is 29.0 Å². The monoisotopic (exact) mass is 615 g/mol. The molecule has 1 N–H and O–H groups in total. The van der Waals surface area contributed by atoms with Crippen LogP contribution in [0.25, 0.3) is 10.9 Å².